The molecule has 0 unspecified atom stereocenters. The van der Waals surface area contributed by atoms with Crippen LogP contribution in [-0.4, -0.2) is 39.7 Å². The second kappa shape index (κ2) is 9.44. The van der Waals surface area contributed by atoms with Gasteiger partial charge in [-0.25, -0.2) is 4.68 Å². The minimum absolute atomic E-state index is 0. The predicted octanol–water partition coefficient (Wildman–Crippen LogP) is 4.11. The van der Waals surface area contributed by atoms with Crippen LogP contribution in [0.15, 0.2) is 60.8 Å². The zero-order valence-electron chi connectivity index (χ0n) is 16.0. The SMILES string of the molecule is Cl.NC1CCN(C(=O)Cc2cn(-c3ccccc3)nc2-c2ccc(Cl)cc2)CC1. The third kappa shape index (κ3) is 4.99. The van der Waals surface area contributed by atoms with Crippen molar-refractivity contribution in [1.29, 1.82) is 0 Å². The predicted molar refractivity (Wildman–Crippen MR) is 119 cm³/mol. The number of carbonyl (C=O) groups excluding carboxylic acids is 1. The third-order valence-corrected chi connectivity index (χ3v) is 5.41. The fourth-order valence-electron chi connectivity index (χ4n) is 3.53. The Kier molecular flexibility index (Phi) is 6.96. The smallest absolute Gasteiger partial charge is 0.227 e. The molecule has 7 heteroatoms. The van der Waals surface area contributed by atoms with Crippen molar-refractivity contribution < 1.29 is 4.79 Å². The number of hydrogen-bond acceptors (Lipinski definition) is 3. The van der Waals surface area contributed by atoms with Crippen molar-refractivity contribution in [3.63, 3.8) is 0 Å². The minimum Gasteiger partial charge on any atom is -0.342 e. The largest absolute Gasteiger partial charge is 0.342 e. The van der Waals surface area contributed by atoms with Gasteiger partial charge in [0.25, 0.3) is 0 Å². The summed E-state index contributed by atoms with van der Waals surface area (Å²) in [5.41, 5.74) is 9.59. The van der Waals surface area contributed by atoms with Crippen LogP contribution in [0.4, 0.5) is 0 Å². The molecule has 29 heavy (non-hydrogen) atoms. The average molecular weight is 431 g/mol. The molecule has 1 aromatic heterocycles. The first-order chi connectivity index (χ1) is 13.6. The first kappa shape index (κ1) is 21.4. The maximum Gasteiger partial charge on any atom is 0.227 e. The van der Waals surface area contributed by atoms with E-state index < -0.39 is 0 Å². The van der Waals surface area contributed by atoms with Gasteiger partial charge in [-0.1, -0.05) is 41.9 Å². The summed E-state index contributed by atoms with van der Waals surface area (Å²) in [5, 5.41) is 5.45. The molecule has 2 N–H and O–H groups in total. The van der Waals surface area contributed by atoms with E-state index in [1.165, 1.54) is 0 Å². The normalized spacial score (nSPS) is 14.5. The topological polar surface area (TPSA) is 64.2 Å². The van der Waals surface area contributed by atoms with Crippen molar-refractivity contribution in [3.05, 3.63) is 71.4 Å². The van der Waals surface area contributed by atoms with Crippen LogP contribution in [0.2, 0.25) is 5.02 Å². The number of piperidine rings is 1. The van der Waals surface area contributed by atoms with Gasteiger partial charge in [0.05, 0.1) is 17.8 Å². The van der Waals surface area contributed by atoms with E-state index in [0.29, 0.717) is 11.4 Å². The summed E-state index contributed by atoms with van der Waals surface area (Å²) in [6.07, 6.45) is 3.99. The van der Waals surface area contributed by atoms with Crippen LogP contribution in [0.3, 0.4) is 0 Å². The number of rotatable bonds is 4. The summed E-state index contributed by atoms with van der Waals surface area (Å²) in [6.45, 7) is 1.45. The van der Waals surface area contributed by atoms with E-state index in [1.54, 1.807) is 0 Å². The summed E-state index contributed by atoms with van der Waals surface area (Å²) in [6, 6.07) is 17.7. The summed E-state index contributed by atoms with van der Waals surface area (Å²) in [7, 11) is 0. The van der Waals surface area contributed by atoms with Crippen molar-refractivity contribution in [2.45, 2.75) is 25.3 Å². The van der Waals surface area contributed by atoms with Crippen molar-refractivity contribution >= 4 is 29.9 Å². The van der Waals surface area contributed by atoms with Crippen LogP contribution in [0.5, 0.6) is 0 Å². The molecule has 1 amide bonds. The molecule has 0 aliphatic carbocycles. The number of nitrogens with two attached hydrogens (primary N) is 1. The van der Waals surface area contributed by atoms with E-state index in [-0.39, 0.29) is 24.4 Å². The van der Waals surface area contributed by atoms with E-state index in [9.17, 15) is 4.79 Å². The molecular weight excluding hydrogens is 407 g/mol. The van der Waals surface area contributed by atoms with Gasteiger partial charge in [0.15, 0.2) is 0 Å². The van der Waals surface area contributed by atoms with E-state index >= 15 is 0 Å². The molecule has 5 nitrogen and oxygen atoms in total. The van der Waals surface area contributed by atoms with Crippen LogP contribution >= 0.6 is 24.0 Å². The lowest BCUT2D eigenvalue weighted by Crippen LogP contribution is -2.43. The van der Waals surface area contributed by atoms with E-state index in [1.807, 2.05) is 70.4 Å². The number of likely N-dealkylation sites (tertiary alicyclic amines) is 1. The van der Waals surface area contributed by atoms with Gasteiger partial charge in [0.1, 0.15) is 0 Å². The van der Waals surface area contributed by atoms with E-state index in [4.69, 9.17) is 22.4 Å². The molecule has 4 rings (SSSR count). The molecule has 0 saturated carbocycles. The molecule has 1 aliphatic heterocycles. The number of halogens is 2. The number of aromatic nitrogens is 2. The first-order valence-electron chi connectivity index (χ1n) is 9.53. The van der Waals surface area contributed by atoms with Gasteiger partial charge in [-0.2, -0.15) is 5.10 Å². The summed E-state index contributed by atoms with van der Waals surface area (Å²) in [5.74, 6) is 0.120. The van der Waals surface area contributed by atoms with Crippen molar-refractivity contribution in [2.24, 2.45) is 5.73 Å². The maximum atomic E-state index is 12.9. The van der Waals surface area contributed by atoms with Gasteiger partial charge < -0.3 is 10.6 Å². The Hall–Kier alpha value is -2.34. The number of amides is 1. The molecule has 0 bridgehead atoms. The fourth-order valence-corrected chi connectivity index (χ4v) is 3.65. The molecule has 2 aromatic carbocycles. The Morgan fingerprint density at radius 1 is 1.07 bits per heavy atom. The molecule has 0 spiro atoms. The highest BCUT2D eigenvalue weighted by Gasteiger charge is 2.23. The molecule has 152 valence electrons. The second-order valence-electron chi connectivity index (χ2n) is 7.18. The molecule has 1 saturated heterocycles. The van der Waals surface area contributed by atoms with Gasteiger partial charge in [-0.05, 0) is 37.1 Å². The Morgan fingerprint density at radius 3 is 2.38 bits per heavy atom. The number of nitrogens with zero attached hydrogens (tertiary/aromatic N) is 3. The minimum atomic E-state index is 0. The first-order valence-corrected chi connectivity index (χ1v) is 9.91. The zero-order chi connectivity index (χ0) is 19.5. The van der Waals surface area contributed by atoms with Crippen molar-refractivity contribution in [1.82, 2.24) is 14.7 Å². The van der Waals surface area contributed by atoms with Gasteiger partial charge in [0.2, 0.25) is 5.91 Å². The van der Waals surface area contributed by atoms with Crippen molar-refractivity contribution in [2.75, 3.05) is 13.1 Å². The van der Waals surface area contributed by atoms with E-state index in [0.717, 1.165) is 48.4 Å². The Bertz CT molecular complexity index is 949. The Morgan fingerprint density at radius 2 is 1.72 bits per heavy atom. The van der Waals surface area contributed by atoms with Gasteiger partial charge in [-0.15, -0.1) is 12.4 Å². The van der Waals surface area contributed by atoms with Crippen LogP contribution in [0.1, 0.15) is 18.4 Å². The summed E-state index contributed by atoms with van der Waals surface area (Å²) < 4.78 is 1.83. The molecule has 1 fully saturated rings. The van der Waals surface area contributed by atoms with Gasteiger partial charge >= 0.3 is 0 Å². The van der Waals surface area contributed by atoms with Crippen LogP contribution in [0, 0.1) is 0 Å². The number of benzene rings is 2. The molecule has 3 aromatic rings. The molecule has 0 radical (unpaired) electrons. The summed E-state index contributed by atoms with van der Waals surface area (Å²) >= 11 is 6.04. The highest BCUT2D eigenvalue weighted by Crippen LogP contribution is 2.26. The number of hydrogen-bond donors (Lipinski definition) is 1. The molecule has 0 atom stereocenters. The van der Waals surface area contributed by atoms with Gasteiger partial charge in [0, 0.05) is 41.5 Å². The lowest BCUT2D eigenvalue weighted by Gasteiger charge is -2.30. The van der Waals surface area contributed by atoms with Crippen LogP contribution < -0.4 is 5.73 Å². The maximum absolute atomic E-state index is 12.9. The molecule has 1 aliphatic rings. The fraction of sp³-hybridized carbons (Fsp3) is 0.273. The Labute approximate surface area is 181 Å². The lowest BCUT2D eigenvalue weighted by molar-refractivity contribution is -0.131. The quantitative estimate of drug-likeness (QED) is 0.677. The summed E-state index contributed by atoms with van der Waals surface area (Å²) in [4.78, 5) is 14.8. The number of carbonyl (C=O) groups is 1. The number of para-hydroxylation sites is 1. The van der Waals surface area contributed by atoms with E-state index in [2.05, 4.69) is 0 Å². The highest BCUT2D eigenvalue weighted by atomic mass is 35.5. The average Bonchev–Trinajstić information content (AvgIpc) is 3.13. The third-order valence-electron chi connectivity index (χ3n) is 5.16. The Balaban J connectivity index is 0.00000240. The molecular formula is C22H24Cl2N4O. The lowest BCUT2D eigenvalue weighted by atomic mass is 10.0. The highest BCUT2D eigenvalue weighted by molar-refractivity contribution is 6.30. The van der Waals surface area contributed by atoms with Crippen LogP contribution in [0.25, 0.3) is 16.9 Å². The monoisotopic (exact) mass is 430 g/mol. The van der Waals surface area contributed by atoms with Gasteiger partial charge in [-0.3, -0.25) is 4.79 Å². The molecule has 2 heterocycles. The second-order valence-corrected chi connectivity index (χ2v) is 7.62. The standard InChI is InChI=1S/C22H23ClN4O.ClH/c23-18-8-6-16(7-9-18)22-17(14-21(28)26-12-10-19(24)11-13-26)15-27(25-22)20-4-2-1-3-5-20;/h1-9,15,19H,10-14,24H2;1H. The van der Waals surface area contributed by atoms with Crippen molar-refractivity contribution in [3.8, 4) is 16.9 Å². The zero-order valence-corrected chi connectivity index (χ0v) is 17.6. The van der Waals surface area contributed by atoms with Crippen LogP contribution in [-0.2, 0) is 11.2 Å².